The zero-order valence-electron chi connectivity index (χ0n) is 41.5. The van der Waals surface area contributed by atoms with E-state index in [4.69, 9.17) is 9.47 Å². The number of aliphatic hydroxyl groups is 5. The molecule has 1 heterocycles. The summed E-state index contributed by atoms with van der Waals surface area (Å²) in [5.74, 6) is -0.194. The summed E-state index contributed by atoms with van der Waals surface area (Å²) in [6, 6.07) is -0.829. The lowest BCUT2D eigenvalue weighted by Crippen LogP contribution is -2.60. The van der Waals surface area contributed by atoms with Crippen LogP contribution in [0.2, 0.25) is 0 Å². The van der Waals surface area contributed by atoms with Crippen molar-refractivity contribution in [3.63, 3.8) is 0 Å². The fourth-order valence-electron chi connectivity index (χ4n) is 7.97. The van der Waals surface area contributed by atoms with E-state index in [-0.39, 0.29) is 12.5 Å². The topological polar surface area (TPSA) is 149 Å². The number of ether oxygens (including phenoxy) is 2. The van der Waals surface area contributed by atoms with Gasteiger partial charge in [0.2, 0.25) is 5.91 Å². The summed E-state index contributed by atoms with van der Waals surface area (Å²) in [7, 11) is 0. The highest BCUT2D eigenvalue weighted by molar-refractivity contribution is 5.76. The van der Waals surface area contributed by atoms with Gasteiger partial charge >= 0.3 is 0 Å². The summed E-state index contributed by atoms with van der Waals surface area (Å²) in [6.45, 7) is 3.66. The van der Waals surface area contributed by atoms with Crippen LogP contribution in [0, 0.1) is 0 Å². The van der Waals surface area contributed by atoms with Crippen molar-refractivity contribution < 1.29 is 39.8 Å². The number of amides is 1. The lowest BCUT2D eigenvalue weighted by atomic mass is 9.99. The van der Waals surface area contributed by atoms with Gasteiger partial charge in [0.1, 0.15) is 24.4 Å². The Kier molecular flexibility index (Phi) is 42.4. The van der Waals surface area contributed by atoms with Gasteiger partial charge in [-0.2, -0.15) is 0 Å². The standard InChI is InChI=1S/C56H99NO8/c1-3-5-7-9-11-13-15-16-17-18-19-20-21-22-23-24-25-26-27-28-29-30-31-32-33-34-36-38-40-42-44-46-52(60)57-49(48-64-56-55(63)54(62)53(61)51(47-58)65-56)50(59)45-43-41-39-37-35-14-12-10-8-6-4-2/h8,10,15-16,18-19,21-22,35,37,43,45,49-51,53-56,58-59,61-63H,3-7,9,11-14,17,20,23-34,36,38-42,44,46-48H2,1-2H3,(H,57,60)/b10-8+,16-15-,19-18-,22-21-,37-35+,45-43+. The smallest absolute Gasteiger partial charge is 0.220 e. The molecular formula is C56H99NO8. The normalized spacial score (nSPS) is 20.5. The number of hydrogen-bond acceptors (Lipinski definition) is 8. The van der Waals surface area contributed by atoms with Gasteiger partial charge < -0.3 is 40.3 Å². The van der Waals surface area contributed by atoms with Crippen molar-refractivity contribution in [1.29, 1.82) is 0 Å². The number of rotatable bonds is 44. The van der Waals surface area contributed by atoms with E-state index in [2.05, 4.69) is 79.9 Å². The van der Waals surface area contributed by atoms with Crippen LogP contribution in [0.3, 0.4) is 0 Å². The molecule has 1 fully saturated rings. The van der Waals surface area contributed by atoms with Crippen LogP contribution in [0.1, 0.15) is 219 Å². The molecule has 7 atom stereocenters. The maximum Gasteiger partial charge on any atom is 0.220 e. The third kappa shape index (κ3) is 35.4. The number of carbonyl (C=O) groups is 1. The predicted molar refractivity (Wildman–Crippen MR) is 272 cm³/mol. The SMILES string of the molecule is CCC/C=C/CC/C=C/CC/C=C/C(O)C(COC1OC(CO)C(O)C(O)C1O)NC(=O)CCCCCCCCCCCCCCCCCC/C=C\C/C=C\C/C=C\CCCCCCC. The van der Waals surface area contributed by atoms with E-state index in [0.29, 0.717) is 6.42 Å². The first-order valence-electron chi connectivity index (χ1n) is 26.7. The first kappa shape index (κ1) is 60.6. The summed E-state index contributed by atoms with van der Waals surface area (Å²) >= 11 is 0. The van der Waals surface area contributed by atoms with E-state index in [9.17, 15) is 30.3 Å². The number of hydrogen-bond donors (Lipinski definition) is 6. The van der Waals surface area contributed by atoms with Gasteiger partial charge in [0.15, 0.2) is 6.29 Å². The molecule has 9 heteroatoms. The summed E-state index contributed by atoms with van der Waals surface area (Å²) < 4.78 is 11.2. The third-order valence-corrected chi connectivity index (χ3v) is 12.2. The molecule has 1 saturated heterocycles. The second-order valence-electron chi connectivity index (χ2n) is 18.3. The average molecular weight is 914 g/mol. The van der Waals surface area contributed by atoms with Gasteiger partial charge in [-0.25, -0.2) is 0 Å². The maximum atomic E-state index is 13.0. The van der Waals surface area contributed by atoms with Gasteiger partial charge in [-0.05, 0) is 77.0 Å². The highest BCUT2D eigenvalue weighted by atomic mass is 16.7. The Balaban J connectivity index is 2.15. The summed E-state index contributed by atoms with van der Waals surface area (Å²) in [4.78, 5) is 13.0. The van der Waals surface area contributed by atoms with Crippen LogP contribution in [0.25, 0.3) is 0 Å². The Morgan fingerprint density at radius 2 is 0.954 bits per heavy atom. The number of allylic oxidation sites excluding steroid dienone is 11. The Bertz CT molecular complexity index is 1240. The van der Waals surface area contributed by atoms with Gasteiger partial charge in [-0.3, -0.25) is 4.79 Å². The number of carbonyl (C=O) groups excluding carboxylic acids is 1. The second-order valence-corrected chi connectivity index (χ2v) is 18.3. The number of nitrogens with one attached hydrogen (secondary N) is 1. The van der Waals surface area contributed by atoms with Crippen LogP contribution >= 0.6 is 0 Å². The van der Waals surface area contributed by atoms with Crippen molar-refractivity contribution in [1.82, 2.24) is 5.32 Å². The van der Waals surface area contributed by atoms with Crippen LogP contribution in [-0.4, -0.2) is 87.5 Å². The molecule has 0 saturated carbocycles. The molecule has 376 valence electrons. The van der Waals surface area contributed by atoms with Gasteiger partial charge in [-0.15, -0.1) is 0 Å². The van der Waals surface area contributed by atoms with E-state index in [1.807, 2.05) is 6.08 Å². The minimum Gasteiger partial charge on any atom is -0.394 e. The Morgan fingerprint density at radius 1 is 0.523 bits per heavy atom. The van der Waals surface area contributed by atoms with Crippen molar-refractivity contribution >= 4 is 5.91 Å². The molecule has 7 unspecified atom stereocenters. The Hall–Kier alpha value is -2.37. The molecule has 0 bridgehead atoms. The molecule has 65 heavy (non-hydrogen) atoms. The Labute approximate surface area is 398 Å². The highest BCUT2D eigenvalue weighted by Crippen LogP contribution is 2.23. The van der Waals surface area contributed by atoms with Crippen molar-refractivity contribution in [2.24, 2.45) is 0 Å². The third-order valence-electron chi connectivity index (χ3n) is 12.2. The van der Waals surface area contributed by atoms with Crippen molar-refractivity contribution in [3.05, 3.63) is 72.9 Å². The van der Waals surface area contributed by atoms with E-state index in [0.717, 1.165) is 70.6 Å². The Morgan fingerprint density at radius 3 is 1.45 bits per heavy atom. The monoisotopic (exact) mass is 914 g/mol. The summed E-state index contributed by atoms with van der Waals surface area (Å²) in [5.41, 5.74) is 0. The fraction of sp³-hybridized carbons (Fsp3) is 0.768. The molecule has 1 rings (SSSR count). The van der Waals surface area contributed by atoms with Crippen LogP contribution in [0.5, 0.6) is 0 Å². The van der Waals surface area contributed by atoms with Gasteiger partial charge in [0, 0.05) is 6.42 Å². The van der Waals surface area contributed by atoms with E-state index in [1.54, 1.807) is 6.08 Å². The summed E-state index contributed by atoms with van der Waals surface area (Å²) in [6.07, 6.45) is 55.5. The van der Waals surface area contributed by atoms with Gasteiger partial charge in [0.25, 0.3) is 0 Å². The van der Waals surface area contributed by atoms with Crippen LogP contribution < -0.4 is 5.32 Å². The largest absolute Gasteiger partial charge is 0.394 e. The van der Waals surface area contributed by atoms with Crippen LogP contribution in [0.15, 0.2) is 72.9 Å². The minimum absolute atomic E-state index is 0.194. The molecule has 0 spiro atoms. The fourth-order valence-corrected chi connectivity index (χ4v) is 7.97. The van der Waals surface area contributed by atoms with E-state index >= 15 is 0 Å². The van der Waals surface area contributed by atoms with Crippen molar-refractivity contribution in [2.75, 3.05) is 13.2 Å². The van der Waals surface area contributed by atoms with Crippen molar-refractivity contribution in [3.8, 4) is 0 Å². The molecule has 1 amide bonds. The number of aliphatic hydroxyl groups excluding tert-OH is 5. The molecule has 0 aromatic heterocycles. The van der Waals surface area contributed by atoms with E-state index in [1.165, 1.54) is 128 Å². The molecule has 1 aliphatic heterocycles. The highest BCUT2D eigenvalue weighted by Gasteiger charge is 2.44. The lowest BCUT2D eigenvalue weighted by Gasteiger charge is -2.40. The molecular weight excluding hydrogens is 815 g/mol. The van der Waals surface area contributed by atoms with E-state index < -0.39 is 49.5 Å². The van der Waals surface area contributed by atoms with Gasteiger partial charge in [0.05, 0.1) is 25.4 Å². The van der Waals surface area contributed by atoms with Crippen molar-refractivity contribution in [2.45, 2.75) is 262 Å². The molecule has 0 radical (unpaired) electrons. The molecule has 1 aliphatic rings. The molecule has 9 nitrogen and oxygen atoms in total. The lowest BCUT2D eigenvalue weighted by molar-refractivity contribution is -0.302. The zero-order chi connectivity index (χ0) is 47.3. The maximum absolute atomic E-state index is 13.0. The van der Waals surface area contributed by atoms with Crippen LogP contribution in [0.4, 0.5) is 0 Å². The minimum atomic E-state index is -1.58. The second kappa shape index (κ2) is 45.4. The molecule has 6 N–H and O–H groups in total. The average Bonchev–Trinajstić information content (AvgIpc) is 3.31. The molecule has 0 aromatic rings. The first-order chi connectivity index (χ1) is 31.8. The predicted octanol–water partition coefficient (Wildman–Crippen LogP) is 12.5. The van der Waals surface area contributed by atoms with Crippen LogP contribution in [-0.2, 0) is 14.3 Å². The molecule has 0 aromatic carbocycles. The first-order valence-corrected chi connectivity index (χ1v) is 26.7. The quantitative estimate of drug-likeness (QED) is 0.0261. The van der Waals surface area contributed by atoms with Gasteiger partial charge in [-0.1, -0.05) is 209 Å². The molecule has 0 aliphatic carbocycles. The summed E-state index contributed by atoms with van der Waals surface area (Å²) in [5, 5.41) is 54.2. The zero-order valence-corrected chi connectivity index (χ0v) is 41.5. The number of unbranched alkanes of at least 4 members (excludes halogenated alkanes) is 24.